The molecule has 0 bridgehead atoms. The Kier molecular flexibility index (Phi) is 12.1. The zero-order valence-electron chi connectivity index (χ0n) is 33.6. The van der Waals surface area contributed by atoms with E-state index in [1.54, 1.807) is 0 Å². The van der Waals surface area contributed by atoms with Crippen molar-refractivity contribution < 1.29 is 20.1 Å². The number of nitrogens with zero attached hydrogens (tertiary/aromatic N) is 3. The van der Waals surface area contributed by atoms with E-state index in [1.807, 2.05) is 41.8 Å². The minimum atomic E-state index is -1.72. The Labute approximate surface area is 357 Å². The number of imidazole rings is 1. The van der Waals surface area contributed by atoms with E-state index in [9.17, 15) is 0 Å². The summed E-state index contributed by atoms with van der Waals surface area (Å²) in [5, 5.41) is 2.55. The molecule has 9 rings (SSSR count). The van der Waals surface area contributed by atoms with Crippen LogP contribution in [0.15, 0.2) is 146 Å². The van der Waals surface area contributed by atoms with Gasteiger partial charge >= 0.3 is 99.8 Å². The molecular weight excluding hydrogens is 951 g/mol. The topological polar surface area (TPSA) is 30.7 Å². The van der Waals surface area contributed by atoms with Crippen LogP contribution in [-0.2, 0) is 20.1 Å². The number of pyridine rings is 1. The average molecular weight is 999 g/mol. The molecule has 3 nitrogen and oxygen atoms in total. The molecule has 0 unspecified atom stereocenters. The van der Waals surface area contributed by atoms with Gasteiger partial charge in [0.25, 0.3) is 0 Å². The van der Waals surface area contributed by atoms with E-state index in [4.69, 9.17) is 4.98 Å². The molecule has 0 saturated carbocycles. The van der Waals surface area contributed by atoms with Gasteiger partial charge in [0.2, 0.25) is 0 Å². The molecule has 0 saturated heterocycles. The molecular formula is C51H47GeIrN3S-2. The normalized spacial score (nSPS) is 11.6. The van der Waals surface area contributed by atoms with Crippen LogP contribution in [0.5, 0.6) is 0 Å². The van der Waals surface area contributed by atoms with Gasteiger partial charge in [-0.1, -0.05) is 93.7 Å². The van der Waals surface area contributed by atoms with Crippen LogP contribution in [0.3, 0.4) is 0 Å². The third kappa shape index (κ3) is 8.36. The second-order valence-electron chi connectivity index (χ2n) is 16.1. The summed E-state index contributed by atoms with van der Waals surface area (Å²) >= 11 is 0.122. The molecule has 0 aliphatic carbocycles. The Morgan fingerprint density at radius 2 is 1.32 bits per heavy atom. The minimum absolute atomic E-state index is 0. The van der Waals surface area contributed by atoms with Gasteiger partial charge in [-0.05, 0) is 74.5 Å². The SMILES string of the molecule is CC(C)c1cc(-c2ccccc2)cc(C(C)C)c1-n1c(-c2[c-]cc3c(c2)sc2ccccc23)nc2ccccc21.[CH3][Ge]([CH3])([CH3])[c]1ccc(-c2[c-]cccc2)nc1.[Ir]. The van der Waals surface area contributed by atoms with Crippen LogP contribution in [0.25, 0.3) is 70.7 Å². The quantitative estimate of drug-likeness (QED) is 0.118. The monoisotopic (exact) mass is 1000 g/mol. The molecule has 0 N–H and O–H groups in total. The fourth-order valence-electron chi connectivity index (χ4n) is 7.39. The number of rotatable bonds is 7. The van der Waals surface area contributed by atoms with Crippen molar-refractivity contribution in [1.29, 1.82) is 0 Å². The van der Waals surface area contributed by atoms with Crippen molar-refractivity contribution >= 4 is 60.2 Å². The van der Waals surface area contributed by atoms with Gasteiger partial charge in [-0.15, -0.1) is 23.8 Å². The van der Waals surface area contributed by atoms with E-state index in [-0.39, 0.29) is 20.1 Å². The van der Waals surface area contributed by atoms with Crippen LogP contribution < -0.4 is 4.40 Å². The van der Waals surface area contributed by atoms with E-state index >= 15 is 0 Å². The van der Waals surface area contributed by atoms with E-state index in [1.165, 1.54) is 52.5 Å². The fraction of sp³-hybridized carbons (Fsp3) is 0.176. The standard InChI is InChI=1S/C37H31N2S.C14H16GeN.Ir/c1-23(2)30-20-27(25-12-6-5-7-13-25)21-31(24(3)4)36(30)39-33-16-10-9-15-32(33)38-37(39)26-18-19-29-28-14-8-11-17-34(28)40-35(29)22-26;1-15(2,3)13-9-10-14(16-11-13)12-7-5-4-6-8-12;/h5-17,19-24H,1-4H3;4-7,9-11H,1-3H3;/q2*-1;. The van der Waals surface area contributed by atoms with Crippen LogP contribution in [0.2, 0.25) is 17.3 Å². The molecule has 3 heterocycles. The molecule has 9 aromatic rings. The zero-order chi connectivity index (χ0) is 39.0. The van der Waals surface area contributed by atoms with E-state index in [0.717, 1.165) is 33.7 Å². The third-order valence-electron chi connectivity index (χ3n) is 10.5. The van der Waals surface area contributed by atoms with Crippen molar-refractivity contribution in [3.05, 3.63) is 169 Å². The van der Waals surface area contributed by atoms with E-state index in [0.29, 0.717) is 11.8 Å². The maximum absolute atomic E-state index is 5.24. The first kappa shape index (κ1) is 40.5. The van der Waals surface area contributed by atoms with Gasteiger partial charge in [-0.3, -0.25) is 4.98 Å². The molecule has 0 atom stereocenters. The van der Waals surface area contributed by atoms with E-state index in [2.05, 4.69) is 182 Å². The van der Waals surface area contributed by atoms with Crippen LogP contribution in [-0.4, -0.2) is 27.8 Å². The predicted molar refractivity (Wildman–Crippen MR) is 243 cm³/mol. The summed E-state index contributed by atoms with van der Waals surface area (Å²) in [5.74, 6) is 8.75. The largest absolute Gasteiger partial charge is 0 e. The number of hydrogen-bond acceptors (Lipinski definition) is 3. The number of hydrogen-bond donors (Lipinski definition) is 0. The summed E-state index contributed by atoms with van der Waals surface area (Å²) < 4.78 is 6.41. The van der Waals surface area contributed by atoms with Gasteiger partial charge in [-0.2, -0.15) is 11.3 Å². The molecule has 3 aromatic heterocycles. The minimum Gasteiger partial charge on any atom is 0 e. The molecule has 287 valence electrons. The second kappa shape index (κ2) is 17.1. The van der Waals surface area contributed by atoms with Crippen LogP contribution in [0, 0.1) is 12.1 Å². The fourth-order valence-corrected chi connectivity index (χ4v) is 10.7. The molecule has 1 radical (unpaired) electrons. The summed E-state index contributed by atoms with van der Waals surface area (Å²) in [6.07, 6.45) is 2.04. The maximum Gasteiger partial charge on any atom is 0 e. The van der Waals surface area contributed by atoms with Gasteiger partial charge in [0.1, 0.15) is 0 Å². The average Bonchev–Trinajstić information content (AvgIpc) is 3.79. The molecule has 0 spiro atoms. The van der Waals surface area contributed by atoms with Crippen molar-refractivity contribution in [2.24, 2.45) is 0 Å². The van der Waals surface area contributed by atoms with Crippen LogP contribution >= 0.6 is 11.3 Å². The van der Waals surface area contributed by atoms with Gasteiger partial charge in [0.05, 0.1) is 16.9 Å². The number of thiophene rings is 1. The van der Waals surface area contributed by atoms with Crippen molar-refractivity contribution in [3.8, 4) is 39.5 Å². The smallest absolute Gasteiger partial charge is 0 e. The molecule has 6 aromatic carbocycles. The third-order valence-corrected chi connectivity index (χ3v) is 15.9. The molecule has 0 aliphatic heterocycles. The Hall–Kier alpha value is -4.65. The summed E-state index contributed by atoms with van der Waals surface area (Å²) in [6.45, 7) is 9.19. The summed E-state index contributed by atoms with van der Waals surface area (Å²) in [5.41, 5.74) is 11.6. The van der Waals surface area contributed by atoms with Crippen molar-refractivity contribution in [1.82, 2.24) is 14.5 Å². The maximum atomic E-state index is 5.24. The summed E-state index contributed by atoms with van der Waals surface area (Å²) in [4.78, 5) is 9.77. The summed E-state index contributed by atoms with van der Waals surface area (Å²) in [6, 6.07) is 56.2. The molecule has 0 aliphatic rings. The number of benzene rings is 6. The molecule has 57 heavy (non-hydrogen) atoms. The van der Waals surface area contributed by atoms with E-state index < -0.39 is 13.3 Å². The first-order chi connectivity index (χ1) is 27.1. The van der Waals surface area contributed by atoms with Gasteiger partial charge in [-0.25, -0.2) is 0 Å². The Bertz CT molecular complexity index is 2750. The van der Waals surface area contributed by atoms with Crippen molar-refractivity contribution in [3.63, 3.8) is 0 Å². The van der Waals surface area contributed by atoms with Gasteiger partial charge < -0.3 is 4.57 Å². The molecule has 6 heteroatoms. The zero-order valence-corrected chi connectivity index (χ0v) is 38.9. The van der Waals surface area contributed by atoms with Gasteiger partial charge in [0.15, 0.2) is 0 Å². The predicted octanol–water partition coefficient (Wildman–Crippen LogP) is 13.9. The van der Waals surface area contributed by atoms with Crippen molar-refractivity contribution in [2.45, 2.75) is 56.8 Å². The first-order valence-corrected chi connectivity index (χ1v) is 27.7. The molecule has 0 amide bonds. The summed E-state index contributed by atoms with van der Waals surface area (Å²) in [7, 11) is 0. The number of fused-ring (bicyclic) bond motifs is 4. The van der Waals surface area contributed by atoms with Crippen LogP contribution in [0.1, 0.15) is 50.7 Å². The molecule has 0 fully saturated rings. The Morgan fingerprint density at radius 3 is 1.98 bits per heavy atom. The van der Waals surface area contributed by atoms with Crippen LogP contribution in [0.4, 0.5) is 0 Å². The Balaban J connectivity index is 0.000000246. The van der Waals surface area contributed by atoms with Crippen molar-refractivity contribution in [2.75, 3.05) is 0 Å². The second-order valence-corrected chi connectivity index (χ2v) is 27.9. The number of para-hydroxylation sites is 2. The van der Waals surface area contributed by atoms with Gasteiger partial charge in [0, 0.05) is 30.5 Å². The Morgan fingerprint density at radius 1 is 0.632 bits per heavy atom. The first-order valence-electron chi connectivity index (χ1n) is 19.5. The number of aromatic nitrogens is 3.